The van der Waals surface area contributed by atoms with E-state index in [9.17, 15) is 22.8 Å². The van der Waals surface area contributed by atoms with Gasteiger partial charge in [0.05, 0.1) is 17.0 Å². The van der Waals surface area contributed by atoms with E-state index in [4.69, 9.17) is 0 Å². The van der Waals surface area contributed by atoms with Crippen LogP contribution in [0.25, 0.3) is 0 Å². The second-order valence-corrected chi connectivity index (χ2v) is 13.6. The van der Waals surface area contributed by atoms with Crippen LogP contribution in [0, 0.1) is 0 Å². The molecular formula is C28H36N4O5S2. The maximum atomic E-state index is 13.6. The van der Waals surface area contributed by atoms with Crippen molar-refractivity contribution in [3.8, 4) is 0 Å². The lowest BCUT2D eigenvalue weighted by Crippen LogP contribution is -2.38. The number of carbonyl (C=O) groups excluding carboxylic acids is 3. The summed E-state index contributed by atoms with van der Waals surface area (Å²) in [5.74, 6) is -0.486. The van der Waals surface area contributed by atoms with Crippen molar-refractivity contribution in [1.82, 2.24) is 14.1 Å². The Morgan fingerprint density at radius 2 is 1.44 bits per heavy atom. The van der Waals surface area contributed by atoms with Gasteiger partial charge in [0.2, 0.25) is 15.9 Å². The number of rotatable bonds is 5. The summed E-state index contributed by atoms with van der Waals surface area (Å²) in [5.41, 5.74) is 1.77. The molecule has 3 aliphatic heterocycles. The average Bonchev–Trinajstić information content (AvgIpc) is 3.09. The van der Waals surface area contributed by atoms with Gasteiger partial charge < -0.3 is 15.1 Å². The van der Waals surface area contributed by atoms with Crippen LogP contribution in [-0.2, 0) is 27.8 Å². The van der Waals surface area contributed by atoms with Gasteiger partial charge in [-0.1, -0.05) is 12.8 Å². The molecule has 4 heterocycles. The van der Waals surface area contributed by atoms with Crippen molar-refractivity contribution in [3.05, 3.63) is 45.8 Å². The quantitative estimate of drug-likeness (QED) is 0.581. The molecule has 9 nitrogen and oxygen atoms in total. The lowest BCUT2D eigenvalue weighted by Gasteiger charge is -2.29. The Morgan fingerprint density at radius 1 is 0.821 bits per heavy atom. The van der Waals surface area contributed by atoms with Gasteiger partial charge in [0, 0.05) is 50.1 Å². The van der Waals surface area contributed by atoms with Gasteiger partial charge in [0.1, 0.15) is 5.00 Å². The number of carbonyl (C=O) groups is 3. The van der Waals surface area contributed by atoms with Crippen LogP contribution in [0.1, 0.15) is 83.0 Å². The van der Waals surface area contributed by atoms with Crippen molar-refractivity contribution in [3.63, 3.8) is 0 Å². The lowest BCUT2D eigenvalue weighted by molar-refractivity contribution is -0.129. The number of nitrogens with one attached hydrogen (secondary N) is 1. The summed E-state index contributed by atoms with van der Waals surface area (Å²) in [5, 5.41) is 3.44. The molecule has 2 saturated heterocycles. The number of fused-ring (bicyclic) bond motifs is 1. The second-order valence-electron chi connectivity index (χ2n) is 10.5. The third-order valence-corrected chi connectivity index (χ3v) is 11.0. The zero-order valence-corrected chi connectivity index (χ0v) is 24.0. The van der Waals surface area contributed by atoms with E-state index in [0.29, 0.717) is 61.8 Å². The first-order chi connectivity index (χ1) is 18.8. The number of nitrogens with zero attached hydrogens (tertiary/aromatic N) is 3. The number of likely N-dealkylation sites (tertiary alicyclic amines) is 1. The van der Waals surface area contributed by atoms with Gasteiger partial charge in [-0.05, 0) is 68.4 Å². The molecule has 11 heteroatoms. The van der Waals surface area contributed by atoms with Gasteiger partial charge in [-0.25, -0.2) is 8.42 Å². The van der Waals surface area contributed by atoms with Crippen LogP contribution < -0.4 is 5.32 Å². The lowest BCUT2D eigenvalue weighted by atomic mass is 10.0. The SMILES string of the molecule is CC(=O)N1CCc2c(sc(NC(=O)c3ccc(S(=O)(=O)N4CCCCCC4)cc3)c2C(=O)N2CCCCC2)C1. The number of piperidine rings is 1. The number of benzene rings is 1. The summed E-state index contributed by atoms with van der Waals surface area (Å²) in [6.45, 7) is 4.93. The van der Waals surface area contributed by atoms with E-state index in [2.05, 4.69) is 5.32 Å². The van der Waals surface area contributed by atoms with Crippen LogP contribution in [0.15, 0.2) is 29.2 Å². The number of amides is 3. The van der Waals surface area contributed by atoms with E-state index in [1.165, 1.54) is 46.8 Å². The highest BCUT2D eigenvalue weighted by molar-refractivity contribution is 7.89. The van der Waals surface area contributed by atoms with Gasteiger partial charge >= 0.3 is 0 Å². The van der Waals surface area contributed by atoms with Crippen LogP contribution in [0.4, 0.5) is 5.00 Å². The highest BCUT2D eigenvalue weighted by Gasteiger charge is 2.32. The number of hydrogen-bond donors (Lipinski definition) is 1. The Morgan fingerprint density at radius 3 is 2.08 bits per heavy atom. The van der Waals surface area contributed by atoms with Crippen molar-refractivity contribution < 1.29 is 22.8 Å². The molecule has 3 amide bonds. The van der Waals surface area contributed by atoms with Crippen molar-refractivity contribution in [2.75, 3.05) is 38.0 Å². The van der Waals surface area contributed by atoms with Gasteiger partial charge in [-0.2, -0.15) is 4.31 Å². The minimum Gasteiger partial charge on any atom is -0.339 e. The maximum absolute atomic E-state index is 13.6. The van der Waals surface area contributed by atoms with Crippen molar-refractivity contribution in [2.45, 2.75) is 69.7 Å². The Labute approximate surface area is 234 Å². The molecule has 39 heavy (non-hydrogen) atoms. The number of thiophene rings is 1. The first-order valence-electron chi connectivity index (χ1n) is 13.9. The maximum Gasteiger partial charge on any atom is 0.257 e. The number of sulfonamides is 1. The molecular weight excluding hydrogens is 536 g/mol. The summed E-state index contributed by atoms with van der Waals surface area (Å²) in [7, 11) is -3.61. The molecule has 0 aliphatic carbocycles. The fourth-order valence-corrected chi connectivity index (χ4v) is 8.39. The second kappa shape index (κ2) is 11.8. The smallest absolute Gasteiger partial charge is 0.257 e. The zero-order chi connectivity index (χ0) is 27.6. The Balaban J connectivity index is 1.38. The number of hydrogen-bond acceptors (Lipinski definition) is 6. The Bertz CT molecular complexity index is 1340. The van der Waals surface area contributed by atoms with Crippen molar-refractivity contribution >= 4 is 44.1 Å². The van der Waals surface area contributed by atoms with Crippen LogP contribution in [-0.4, -0.2) is 73.0 Å². The molecule has 0 spiro atoms. The minimum atomic E-state index is -3.61. The van der Waals surface area contributed by atoms with E-state index in [0.717, 1.165) is 55.4 Å². The van der Waals surface area contributed by atoms with Gasteiger partial charge in [-0.15, -0.1) is 11.3 Å². The van der Waals surface area contributed by atoms with E-state index < -0.39 is 15.9 Å². The van der Waals surface area contributed by atoms with E-state index in [1.54, 1.807) is 4.90 Å². The molecule has 2 fully saturated rings. The summed E-state index contributed by atoms with van der Waals surface area (Å²) in [4.78, 5) is 43.7. The van der Waals surface area contributed by atoms with E-state index >= 15 is 0 Å². The third-order valence-electron chi connectivity index (χ3n) is 7.91. The normalized spacial score (nSPS) is 18.8. The summed E-state index contributed by atoms with van der Waals surface area (Å²) >= 11 is 1.35. The standard InChI is InChI=1S/C28H36N4O5S2/c1-20(33)31-18-13-23-24(19-31)38-27(25(23)28(35)30-14-5-4-6-15-30)29-26(34)21-9-11-22(12-10-21)39(36,37)32-16-7-2-3-8-17-32/h9-12H,2-8,13-19H2,1H3,(H,29,34). The Kier molecular flexibility index (Phi) is 8.39. The molecule has 0 bridgehead atoms. The molecule has 210 valence electrons. The molecule has 5 rings (SSSR count). The molecule has 1 aromatic carbocycles. The van der Waals surface area contributed by atoms with Gasteiger partial charge in [0.25, 0.3) is 11.8 Å². The summed E-state index contributed by atoms with van der Waals surface area (Å²) in [6, 6.07) is 6.02. The highest BCUT2D eigenvalue weighted by atomic mass is 32.2. The first kappa shape index (κ1) is 27.8. The monoisotopic (exact) mass is 572 g/mol. The van der Waals surface area contributed by atoms with Crippen LogP contribution in [0.3, 0.4) is 0 Å². The molecule has 1 N–H and O–H groups in total. The molecule has 0 atom stereocenters. The molecule has 0 saturated carbocycles. The predicted octanol–water partition coefficient (Wildman–Crippen LogP) is 4.10. The Hall–Kier alpha value is -2.76. The third kappa shape index (κ3) is 5.90. The molecule has 3 aliphatic rings. The predicted molar refractivity (Wildman–Crippen MR) is 150 cm³/mol. The molecule has 2 aromatic rings. The minimum absolute atomic E-state index is 0.0150. The molecule has 0 radical (unpaired) electrons. The largest absolute Gasteiger partial charge is 0.339 e. The fourth-order valence-electron chi connectivity index (χ4n) is 5.63. The average molecular weight is 573 g/mol. The highest BCUT2D eigenvalue weighted by Crippen LogP contribution is 2.38. The van der Waals surface area contributed by atoms with E-state index in [1.807, 2.05) is 4.90 Å². The topological polar surface area (TPSA) is 107 Å². The van der Waals surface area contributed by atoms with E-state index in [-0.39, 0.29) is 16.7 Å². The first-order valence-corrected chi connectivity index (χ1v) is 16.1. The van der Waals surface area contributed by atoms with Crippen molar-refractivity contribution in [2.24, 2.45) is 0 Å². The number of anilines is 1. The molecule has 0 unspecified atom stereocenters. The summed E-state index contributed by atoms with van der Waals surface area (Å²) in [6.07, 6.45) is 7.37. The van der Waals surface area contributed by atoms with Gasteiger partial charge in [-0.3, -0.25) is 14.4 Å². The van der Waals surface area contributed by atoms with Crippen molar-refractivity contribution in [1.29, 1.82) is 0 Å². The van der Waals surface area contributed by atoms with Crippen LogP contribution in [0.5, 0.6) is 0 Å². The fraction of sp³-hybridized carbons (Fsp3) is 0.536. The molecule has 1 aromatic heterocycles. The van der Waals surface area contributed by atoms with Crippen LogP contribution >= 0.6 is 11.3 Å². The van der Waals surface area contributed by atoms with Gasteiger partial charge in [0.15, 0.2) is 0 Å². The zero-order valence-electron chi connectivity index (χ0n) is 22.4. The summed E-state index contributed by atoms with van der Waals surface area (Å²) < 4.78 is 27.8. The van der Waals surface area contributed by atoms with Crippen LogP contribution in [0.2, 0.25) is 0 Å².